The van der Waals surface area contributed by atoms with Crippen molar-refractivity contribution in [3.8, 4) is 5.75 Å². The largest absolute Gasteiger partial charge is 0.491 e. The first kappa shape index (κ1) is 12.3. The fourth-order valence-electron chi connectivity index (χ4n) is 0.734. The minimum atomic E-state index is -0.407. The highest BCUT2D eigenvalue weighted by atomic mass is 32.1. The molecule has 0 spiro atoms. The number of aliphatic hydroxyl groups excluding tert-OH is 1. The molecule has 13 heavy (non-hydrogen) atoms. The van der Waals surface area contributed by atoms with Crippen LogP contribution in [-0.4, -0.2) is 24.1 Å². The summed E-state index contributed by atoms with van der Waals surface area (Å²) in [7, 11) is 0. The predicted molar refractivity (Wildman–Crippen MR) is 58.5 cm³/mol. The molecule has 0 amide bonds. The average molecular weight is 200 g/mol. The molecule has 74 valence electrons. The SMILES string of the molecule is CC(O)COc1ccccc1.CS. The molecule has 0 aromatic heterocycles. The van der Waals surface area contributed by atoms with E-state index in [0.717, 1.165) is 5.75 Å². The number of hydrogen-bond donors (Lipinski definition) is 2. The minimum Gasteiger partial charge on any atom is -0.491 e. The van der Waals surface area contributed by atoms with Gasteiger partial charge in [0.05, 0.1) is 6.10 Å². The maximum Gasteiger partial charge on any atom is 0.119 e. The second-order valence-corrected chi connectivity index (χ2v) is 2.47. The van der Waals surface area contributed by atoms with Gasteiger partial charge in [0.1, 0.15) is 12.4 Å². The Morgan fingerprint density at radius 3 is 2.31 bits per heavy atom. The molecule has 0 aliphatic rings. The first-order chi connectivity index (χ1) is 6.29. The van der Waals surface area contributed by atoms with Gasteiger partial charge in [0.25, 0.3) is 0 Å². The van der Waals surface area contributed by atoms with Gasteiger partial charge in [-0.1, -0.05) is 18.2 Å². The van der Waals surface area contributed by atoms with Crippen LogP contribution in [-0.2, 0) is 0 Å². The monoisotopic (exact) mass is 200 g/mol. The molecule has 0 fully saturated rings. The molecule has 2 nitrogen and oxygen atoms in total. The van der Waals surface area contributed by atoms with Gasteiger partial charge < -0.3 is 9.84 Å². The molecule has 1 rings (SSSR count). The Morgan fingerprint density at radius 1 is 1.31 bits per heavy atom. The fraction of sp³-hybridized carbons (Fsp3) is 0.400. The van der Waals surface area contributed by atoms with Crippen molar-refractivity contribution < 1.29 is 9.84 Å². The van der Waals surface area contributed by atoms with Crippen molar-refractivity contribution in [2.45, 2.75) is 13.0 Å². The van der Waals surface area contributed by atoms with Gasteiger partial charge in [-0.2, -0.15) is 12.6 Å². The van der Waals surface area contributed by atoms with Crippen molar-refractivity contribution in [1.29, 1.82) is 0 Å². The van der Waals surface area contributed by atoms with Gasteiger partial charge in [0.15, 0.2) is 0 Å². The van der Waals surface area contributed by atoms with Crippen LogP contribution in [0.2, 0.25) is 0 Å². The number of thiol groups is 1. The van der Waals surface area contributed by atoms with Crippen molar-refractivity contribution in [2.24, 2.45) is 0 Å². The molecule has 1 aromatic rings. The van der Waals surface area contributed by atoms with E-state index in [1.807, 2.05) is 30.3 Å². The third-order valence-corrected chi connectivity index (χ3v) is 1.23. The first-order valence-corrected chi connectivity index (χ1v) is 4.99. The molecule has 0 heterocycles. The first-order valence-electron chi connectivity index (χ1n) is 4.09. The van der Waals surface area contributed by atoms with E-state index in [2.05, 4.69) is 12.6 Å². The van der Waals surface area contributed by atoms with E-state index in [1.165, 1.54) is 0 Å². The Labute approximate surface area is 85.0 Å². The van der Waals surface area contributed by atoms with Crippen LogP contribution in [0, 0.1) is 0 Å². The number of ether oxygens (including phenoxy) is 1. The normalized spacial score (nSPS) is 11.1. The van der Waals surface area contributed by atoms with Crippen molar-refractivity contribution in [3.63, 3.8) is 0 Å². The second kappa shape index (κ2) is 7.95. The molecule has 1 aromatic carbocycles. The van der Waals surface area contributed by atoms with Gasteiger partial charge in [-0.05, 0) is 25.3 Å². The zero-order valence-corrected chi connectivity index (χ0v) is 8.87. The topological polar surface area (TPSA) is 29.5 Å². The van der Waals surface area contributed by atoms with E-state index in [-0.39, 0.29) is 0 Å². The summed E-state index contributed by atoms with van der Waals surface area (Å²) >= 11 is 3.53. The van der Waals surface area contributed by atoms with Crippen LogP contribution in [0.4, 0.5) is 0 Å². The number of hydrogen-bond acceptors (Lipinski definition) is 3. The predicted octanol–water partition coefficient (Wildman–Crippen LogP) is 1.99. The summed E-state index contributed by atoms with van der Waals surface area (Å²) in [6, 6.07) is 9.45. The molecular formula is C10H16O2S. The molecule has 0 saturated carbocycles. The van der Waals surface area contributed by atoms with E-state index in [4.69, 9.17) is 9.84 Å². The Hall–Kier alpha value is -0.670. The molecule has 0 saturated heterocycles. The van der Waals surface area contributed by atoms with Gasteiger partial charge in [0.2, 0.25) is 0 Å². The van der Waals surface area contributed by atoms with E-state index in [1.54, 1.807) is 13.2 Å². The van der Waals surface area contributed by atoms with Crippen molar-refractivity contribution in [2.75, 3.05) is 12.9 Å². The third-order valence-electron chi connectivity index (χ3n) is 1.23. The Balaban J connectivity index is 0.000000671. The molecule has 0 aliphatic carbocycles. The highest BCUT2D eigenvalue weighted by molar-refractivity contribution is 7.79. The van der Waals surface area contributed by atoms with E-state index in [0.29, 0.717) is 6.61 Å². The summed E-state index contributed by atoms with van der Waals surface area (Å²) in [6.07, 6.45) is 1.29. The summed E-state index contributed by atoms with van der Waals surface area (Å²) in [5, 5.41) is 8.89. The fourth-order valence-corrected chi connectivity index (χ4v) is 0.734. The molecule has 1 N–H and O–H groups in total. The highest BCUT2D eigenvalue weighted by Crippen LogP contribution is 2.07. The van der Waals surface area contributed by atoms with Gasteiger partial charge >= 0.3 is 0 Å². The summed E-state index contributed by atoms with van der Waals surface area (Å²) < 4.78 is 5.22. The Bertz CT molecular complexity index is 199. The van der Waals surface area contributed by atoms with Crippen molar-refractivity contribution in [3.05, 3.63) is 30.3 Å². The van der Waals surface area contributed by atoms with Crippen molar-refractivity contribution in [1.82, 2.24) is 0 Å². The van der Waals surface area contributed by atoms with E-state index < -0.39 is 6.10 Å². The maximum atomic E-state index is 8.89. The van der Waals surface area contributed by atoms with Crippen LogP contribution in [0.25, 0.3) is 0 Å². The van der Waals surface area contributed by atoms with Crippen LogP contribution < -0.4 is 4.74 Å². The lowest BCUT2D eigenvalue weighted by Crippen LogP contribution is -2.12. The zero-order chi connectivity index (χ0) is 10.1. The van der Waals surface area contributed by atoms with Crippen LogP contribution in [0.1, 0.15) is 6.92 Å². The minimum absolute atomic E-state index is 0.351. The van der Waals surface area contributed by atoms with Gasteiger partial charge in [-0.15, -0.1) is 0 Å². The summed E-state index contributed by atoms with van der Waals surface area (Å²) in [4.78, 5) is 0. The smallest absolute Gasteiger partial charge is 0.119 e. The van der Waals surface area contributed by atoms with E-state index in [9.17, 15) is 0 Å². The number of aliphatic hydroxyl groups is 1. The lowest BCUT2D eigenvalue weighted by Gasteiger charge is -2.06. The van der Waals surface area contributed by atoms with Crippen LogP contribution in [0.5, 0.6) is 5.75 Å². The maximum absolute atomic E-state index is 8.89. The summed E-state index contributed by atoms with van der Waals surface area (Å²) in [6.45, 7) is 2.05. The quantitative estimate of drug-likeness (QED) is 0.731. The standard InChI is InChI=1S/C9H12O2.CH4S/c1-8(10)7-11-9-5-3-2-4-6-9;1-2/h2-6,8,10H,7H2,1H3;2H,1H3. The molecule has 0 aliphatic heterocycles. The van der Waals surface area contributed by atoms with Crippen LogP contribution in [0.3, 0.4) is 0 Å². The molecule has 1 atom stereocenters. The van der Waals surface area contributed by atoms with E-state index >= 15 is 0 Å². The lowest BCUT2D eigenvalue weighted by atomic mass is 10.3. The van der Waals surface area contributed by atoms with Gasteiger partial charge in [0, 0.05) is 0 Å². The lowest BCUT2D eigenvalue weighted by molar-refractivity contribution is 0.123. The molecule has 3 heteroatoms. The number of rotatable bonds is 3. The average Bonchev–Trinajstić information content (AvgIpc) is 2.19. The summed E-state index contributed by atoms with van der Waals surface area (Å²) in [5.41, 5.74) is 0. The number of para-hydroxylation sites is 1. The molecule has 1 unspecified atom stereocenters. The number of benzene rings is 1. The van der Waals surface area contributed by atoms with Crippen LogP contribution in [0.15, 0.2) is 30.3 Å². The highest BCUT2D eigenvalue weighted by Gasteiger charge is 1.95. The molecule has 0 radical (unpaired) electrons. The van der Waals surface area contributed by atoms with Crippen molar-refractivity contribution >= 4 is 12.6 Å². The summed E-state index contributed by atoms with van der Waals surface area (Å²) in [5.74, 6) is 0.799. The van der Waals surface area contributed by atoms with Gasteiger partial charge in [-0.25, -0.2) is 0 Å². The van der Waals surface area contributed by atoms with Gasteiger partial charge in [-0.3, -0.25) is 0 Å². The third kappa shape index (κ3) is 6.49. The second-order valence-electron chi connectivity index (χ2n) is 2.47. The Morgan fingerprint density at radius 2 is 1.85 bits per heavy atom. The van der Waals surface area contributed by atoms with Crippen LogP contribution >= 0.6 is 12.6 Å². The molecule has 0 bridgehead atoms. The zero-order valence-electron chi connectivity index (χ0n) is 7.97. The Kier molecular flexibility index (Phi) is 7.54. The molecular weight excluding hydrogens is 184 g/mol.